The molecule has 0 fully saturated rings. The summed E-state index contributed by atoms with van der Waals surface area (Å²) in [7, 11) is -2.05. The number of aryl methyl sites for hydroxylation is 1. The van der Waals surface area contributed by atoms with Crippen LogP contribution in [0.1, 0.15) is 5.56 Å². The highest BCUT2D eigenvalue weighted by atomic mass is 32.2. The molecule has 0 radical (unpaired) electrons. The maximum Gasteiger partial charge on any atom is 0.328 e. The third kappa shape index (κ3) is 3.93. The number of aromatic nitrogens is 2. The summed E-state index contributed by atoms with van der Waals surface area (Å²) in [5, 5.41) is 12.3. The third-order valence-corrected chi connectivity index (χ3v) is 3.91. The highest BCUT2D eigenvalue weighted by Gasteiger charge is 2.15. The van der Waals surface area contributed by atoms with Crippen molar-refractivity contribution >= 4 is 27.8 Å². The van der Waals surface area contributed by atoms with Crippen LogP contribution in [0.15, 0.2) is 47.6 Å². The first kappa shape index (κ1) is 14.8. The molecule has 0 bridgehead atoms. The van der Waals surface area contributed by atoms with E-state index in [4.69, 9.17) is 5.11 Å². The van der Waals surface area contributed by atoms with Crippen LogP contribution >= 0.6 is 0 Å². The molecule has 2 aromatic rings. The van der Waals surface area contributed by atoms with Crippen LogP contribution in [0.4, 0.5) is 5.69 Å². The lowest BCUT2D eigenvalue weighted by Crippen LogP contribution is -2.12. The Morgan fingerprint density at radius 3 is 2.52 bits per heavy atom. The number of hydrogen-bond donors (Lipinski definition) is 2. The molecule has 2 rings (SSSR count). The van der Waals surface area contributed by atoms with Crippen molar-refractivity contribution < 1.29 is 18.3 Å². The van der Waals surface area contributed by atoms with Gasteiger partial charge in [0.1, 0.15) is 4.90 Å². The minimum absolute atomic E-state index is 0.0693. The molecule has 1 aromatic heterocycles. The highest BCUT2D eigenvalue weighted by Crippen LogP contribution is 2.16. The molecule has 2 N–H and O–H groups in total. The number of hydrogen-bond acceptors (Lipinski definition) is 4. The van der Waals surface area contributed by atoms with E-state index in [0.29, 0.717) is 11.3 Å². The molecule has 0 unspecified atom stereocenters. The minimum atomic E-state index is -3.68. The smallest absolute Gasteiger partial charge is 0.328 e. The summed E-state index contributed by atoms with van der Waals surface area (Å²) < 4.78 is 27.9. The maximum absolute atomic E-state index is 12.1. The van der Waals surface area contributed by atoms with E-state index < -0.39 is 16.0 Å². The molecule has 8 heteroatoms. The van der Waals surface area contributed by atoms with E-state index in [-0.39, 0.29) is 4.90 Å². The van der Waals surface area contributed by atoms with E-state index in [1.165, 1.54) is 23.2 Å². The van der Waals surface area contributed by atoms with Crippen LogP contribution in [0.25, 0.3) is 6.08 Å². The van der Waals surface area contributed by atoms with E-state index >= 15 is 0 Å². The Labute approximate surface area is 121 Å². The molecule has 1 heterocycles. The first-order valence-electron chi connectivity index (χ1n) is 5.89. The van der Waals surface area contributed by atoms with Gasteiger partial charge in [0.2, 0.25) is 0 Å². The number of nitrogens with zero attached hydrogens (tertiary/aromatic N) is 2. The van der Waals surface area contributed by atoms with E-state index in [9.17, 15) is 13.2 Å². The number of nitrogens with one attached hydrogen (secondary N) is 1. The number of sulfonamides is 1. The van der Waals surface area contributed by atoms with Gasteiger partial charge < -0.3 is 5.11 Å². The molecule has 0 saturated heterocycles. The van der Waals surface area contributed by atoms with Crippen LogP contribution in [-0.4, -0.2) is 29.3 Å². The molecule has 1 aromatic carbocycles. The van der Waals surface area contributed by atoms with Gasteiger partial charge >= 0.3 is 5.97 Å². The number of carboxylic acid groups (broad SMARTS) is 1. The predicted octanol–water partition coefficient (Wildman–Crippen LogP) is 1.32. The largest absolute Gasteiger partial charge is 0.478 e. The van der Waals surface area contributed by atoms with Crippen LogP contribution < -0.4 is 4.72 Å². The van der Waals surface area contributed by atoms with Gasteiger partial charge in [-0.3, -0.25) is 9.40 Å². The van der Waals surface area contributed by atoms with Gasteiger partial charge in [-0.05, 0) is 23.8 Å². The average molecular weight is 307 g/mol. The van der Waals surface area contributed by atoms with Gasteiger partial charge in [-0.15, -0.1) is 0 Å². The number of carboxylic acids is 1. The lowest BCUT2D eigenvalue weighted by Gasteiger charge is -2.06. The van der Waals surface area contributed by atoms with Crippen molar-refractivity contribution in [2.45, 2.75) is 4.90 Å². The van der Waals surface area contributed by atoms with Crippen molar-refractivity contribution in [1.82, 2.24) is 9.78 Å². The second kappa shape index (κ2) is 5.80. The fraction of sp³-hybridized carbons (Fsp3) is 0.0769. The SMILES string of the molecule is Cn1cc(S(=O)(=O)Nc2ccc(/C=C/C(=O)O)cc2)cn1. The molecule has 0 saturated carbocycles. The molecule has 0 aliphatic rings. The topological polar surface area (TPSA) is 101 Å². The number of benzene rings is 1. The van der Waals surface area contributed by atoms with Crippen molar-refractivity contribution in [2.75, 3.05) is 4.72 Å². The molecule has 0 amide bonds. The zero-order valence-electron chi connectivity index (χ0n) is 11.1. The molecule has 110 valence electrons. The highest BCUT2D eigenvalue weighted by molar-refractivity contribution is 7.92. The van der Waals surface area contributed by atoms with Crippen LogP contribution in [0, 0.1) is 0 Å². The van der Waals surface area contributed by atoms with Crippen molar-refractivity contribution in [3.63, 3.8) is 0 Å². The number of aliphatic carboxylic acids is 1. The number of anilines is 1. The Bertz CT molecular complexity index is 776. The Morgan fingerprint density at radius 2 is 2.00 bits per heavy atom. The second-order valence-electron chi connectivity index (χ2n) is 4.25. The molecule has 7 nitrogen and oxygen atoms in total. The molecule has 0 aliphatic heterocycles. The van der Waals surface area contributed by atoms with Gasteiger partial charge in [-0.2, -0.15) is 5.10 Å². The fourth-order valence-electron chi connectivity index (χ4n) is 1.58. The molecular formula is C13H13N3O4S. The van der Waals surface area contributed by atoms with Crippen molar-refractivity contribution in [1.29, 1.82) is 0 Å². The standard InChI is InChI=1S/C13H13N3O4S/c1-16-9-12(8-14-16)21(19,20)15-11-5-2-10(3-6-11)4-7-13(17)18/h2-9,15H,1H3,(H,17,18)/b7-4+. The summed E-state index contributed by atoms with van der Waals surface area (Å²) in [6.07, 6.45) is 5.08. The molecular weight excluding hydrogens is 294 g/mol. The molecule has 0 spiro atoms. The lowest BCUT2D eigenvalue weighted by molar-refractivity contribution is -0.131. The average Bonchev–Trinajstić information content (AvgIpc) is 2.85. The summed E-state index contributed by atoms with van der Waals surface area (Å²) in [6, 6.07) is 6.33. The normalized spacial score (nSPS) is 11.7. The summed E-state index contributed by atoms with van der Waals surface area (Å²) in [5.74, 6) is -1.05. The number of rotatable bonds is 5. The predicted molar refractivity (Wildman–Crippen MR) is 77.1 cm³/mol. The third-order valence-electron chi connectivity index (χ3n) is 2.57. The van der Waals surface area contributed by atoms with Crippen molar-refractivity contribution in [3.8, 4) is 0 Å². The first-order chi connectivity index (χ1) is 9.87. The molecule has 21 heavy (non-hydrogen) atoms. The Hall–Kier alpha value is -2.61. The van der Waals surface area contributed by atoms with E-state index in [2.05, 4.69) is 9.82 Å². The van der Waals surface area contributed by atoms with Gasteiger partial charge in [0, 0.05) is 25.0 Å². The molecule has 0 aliphatic carbocycles. The van der Waals surface area contributed by atoms with Crippen molar-refractivity contribution in [3.05, 3.63) is 48.3 Å². The van der Waals surface area contributed by atoms with Gasteiger partial charge in [0.15, 0.2) is 0 Å². The minimum Gasteiger partial charge on any atom is -0.478 e. The Morgan fingerprint density at radius 1 is 1.33 bits per heavy atom. The second-order valence-corrected chi connectivity index (χ2v) is 5.93. The van der Waals surface area contributed by atoms with Crippen LogP contribution in [0.2, 0.25) is 0 Å². The van der Waals surface area contributed by atoms with E-state index in [1.54, 1.807) is 31.3 Å². The van der Waals surface area contributed by atoms with Crippen molar-refractivity contribution in [2.24, 2.45) is 7.05 Å². The van der Waals surface area contributed by atoms with Gasteiger partial charge in [-0.25, -0.2) is 13.2 Å². The van der Waals surface area contributed by atoms with Gasteiger partial charge in [0.25, 0.3) is 10.0 Å². The van der Waals surface area contributed by atoms with Gasteiger partial charge in [-0.1, -0.05) is 12.1 Å². The Kier molecular flexibility index (Phi) is 4.08. The van der Waals surface area contributed by atoms with E-state index in [1.807, 2.05) is 0 Å². The van der Waals surface area contributed by atoms with Crippen LogP contribution in [0.5, 0.6) is 0 Å². The monoisotopic (exact) mass is 307 g/mol. The zero-order valence-corrected chi connectivity index (χ0v) is 11.9. The molecule has 0 atom stereocenters. The fourth-order valence-corrected chi connectivity index (χ4v) is 2.62. The summed E-state index contributed by atoms with van der Waals surface area (Å²) in [5.41, 5.74) is 1.04. The quantitative estimate of drug-likeness (QED) is 0.811. The Balaban J connectivity index is 2.15. The lowest BCUT2D eigenvalue weighted by atomic mass is 10.2. The summed E-state index contributed by atoms with van der Waals surface area (Å²) in [6.45, 7) is 0. The summed E-state index contributed by atoms with van der Waals surface area (Å²) in [4.78, 5) is 10.5. The maximum atomic E-state index is 12.1. The van der Waals surface area contributed by atoms with Gasteiger partial charge in [0.05, 0.1) is 6.20 Å². The van der Waals surface area contributed by atoms with Crippen LogP contribution in [-0.2, 0) is 21.9 Å². The summed E-state index contributed by atoms with van der Waals surface area (Å²) >= 11 is 0. The van der Waals surface area contributed by atoms with Crippen LogP contribution in [0.3, 0.4) is 0 Å². The number of carbonyl (C=O) groups is 1. The zero-order chi connectivity index (χ0) is 15.5. The first-order valence-corrected chi connectivity index (χ1v) is 7.38. The van der Waals surface area contributed by atoms with E-state index in [0.717, 1.165) is 6.08 Å².